The molecule has 3 aliphatic rings. The van der Waals surface area contributed by atoms with Crippen molar-refractivity contribution in [3.05, 3.63) is 47.1 Å². The Morgan fingerprint density at radius 3 is 2.27 bits per heavy atom. The van der Waals surface area contributed by atoms with Gasteiger partial charge in [-0.1, -0.05) is 31.1 Å². The van der Waals surface area contributed by atoms with Crippen molar-refractivity contribution in [2.45, 2.75) is 65.2 Å². The topological polar surface area (TPSA) is 18.5 Å². The van der Waals surface area contributed by atoms with Crippen LogP contribution in [0.1, 0.15) is 65.2 Å². The smallest absolute Gasteiger partial charge is 0.204 e. The Hall–Kier alpha value is -1.84. The molecule has 0 amide bonds. The molecule has 0 heterocycles. The average molecular weight is 417 g/mol. The summed E-state index contributed by atoms with van der Waals surface area (Å²) in [4.78, 5) is 0. The van der Waals surface area contributed by atoms with Gasteiger partial charge in [0, 0.05) is 0 Å². The van der Waals surface area contributed by atoms with Gasteiger partial charge in [-0.25, -0.2) is 0 Å². The van der Waals surface area contributed by atoms with Crippen LogP contribution in [0.25, 0.3) is 0 Å². The minimum Gasteiger partial charge on any atom is -0.491 e. The van der Waals surface area contributed by atoms with Crippen molar-refractivity contribution >= 4 is 0 Å². The molecule has 2 nitrogen and oxygen atoms in total. The minimum atomic E-state index is -0.984. The van der Waals surface area contributed by atoms with E-state index in [2.05, 4.69) is 19.1 Å². The molecule has 2 saturated carbocycles. The lowest BCUT2D eigenvalue weighted by Crippen LogP contribution is -2.31. The van der Waals surface area contributed by atoms with Crippen molar-refractivity contribution in [1.29, 1.82) is 0 Å². The van der Waals surface area contributed by atoms with E-state index in [0.717, 1.165) is 42.1 Å². The van der Waals surface area contributed by atoms with Crippen LogP contribution in [0.5, 0.6) is 11.5 Å². The second kappa shape index (κ2) is 9.53. The Bertz CT molecular complexity index is 813. The Balaban J connectivity index is 1.33. The van der Waals surface area contributed by atoms with Crippen LogP contribution in [0.15, 0.2) is 35.4 Å². The zero-order valence-electron chi connectivity index (χ0n) is 18.3. The van der Waals surface area contributed by atoms with Crippen LogP contribution < -0.4 is 9.47 Å². The van der Waals surface area contributed by atoms with Gasteiger partial charge in [0.2, 0.25) is 11.6 Å². The Morgan fingerprint density at radius 1 is 0.867 bits per heavy atom. The van der Waals surface area contributed by atoms with Crippen molar-refractivity contribution in [1.82, 2.24) is 0 Å². The van der Waals surface area contributed by atoms with Gasteiger partial charge >= 0.3 is 0 Å². The molecule has 0 radical (unpaired) electrons. The second-order valence-corrected chi connectivity index (χ2v) is 9.43. The van der Waals surface area contributed by atoms with E-state index in [4.69, 9.17) is 9.47 Å². The number of fused-ring (bicyclic) bond motifs is 1. The first-order valence-corrected chi connectivity index (χ1v) is 11.7. The van der Waals surface area contributed by atoms with Gasteiger partial charge in [0.1, 0.15) is 6.61 Å². The van der Waals surface area contributed by atoms with Crippen LogP contribution in [0.4, 0.5) is 8.78 Å². The quantitative estimate of drug-likeness (QED) is 0.486. The molecule has 0 aromatic heterocycles. The molecule has 0 spiro atoms. The van der Waals surface area contributed by atoms with Crippen LogP contribution in [0, 0.1) is 35.3 Å². The summed E-state index contributed by atoms with van der Waals surface area (Å²) in [5.74, 6) is 1.43. The van der Waals surface area contributed by atoms with E-state index >= 15 is 0 Å². The Labute approximate surface area is 179 Å². The number of hydrogen-bond donors (Lipinski definition) is 0. The SMILES string of the molecule is CCOc1ccc(OCC2=CC=C(C3CCC4CC(C)CCC4C3)CC2)c(F)c1F. The van der Waals surface area contributed by atoms with Crippen LogP contribution in [0.3, 0.4) is 0 Å². The number of hydrogen-bond acceptors (Lipinski definition) is 2. The summed E-state index contributed by atoms with van der Waals surface area (Å²) in [5, 5.41) is 0. The fraction of sp³-hybridized carbons (Fsp3) is 0.615. The predicted molar refractivity (Wildman–Crippen MR) is 116 cm³/mol. The number of halogens is 2. The van der Waals surface area contributed by atoms with Gasteiger partial charge in [-0.2, -0.15) is 8.78 Å². The fourth-order valence-corrected chi connectivity index (χ4v) is 5.68. The number of allylic oxidation sites excluding steroid dienone is 3. The van der Waals surface area contributed by atoms with Crippen molar-refractivity contribution in [3.63, 3.8) is 0 Å². The van der Waals surface area contributed by atoms with Crippen LogP contribution in [0.2, 0.25) is 0 Å². The van der Waals surface area contributed by atoms with Crippen LogP contribution in [-0.4, -0.2) is 13.2 Å². The zero-order valence-corrected chi connectivity index (χ0v) is 18.3. The van der Waals surface area contributed by atoms with E-state index in [1.165, 1.54) is 50.7 Å². The first kappa shape index (κ1) is 21.4. The average Bonchev–Trinajstić information content (AvgIpc) is 2.76. The molecule has 2 fully saturated rings. The van der Waals surface area contributed by atoms with Gasteiger partial charge in [0.25, 0.3) is 0 Å². The summed E-state index contributed by atoms with van der Waals surface area (Å²) in [6, 6.07) is 2.87. The normalized spacial score (nSPS) is 28.9. The number of rotatable bonds is 6. The maximum Gasteiger partial charge on any atom is 0.204 e. The Morgan fingerprint density at radius 2 is 1.57 bits per heavy atom. The summed E-state index contributed by atoms with van der Waals surface area (Å²) in [7, 11) is 0. The standard InChI is InChI=1S/C26H34F2O2/c1-3-29-23-12-13-24(26(28)25(23)27)30-16-18-5-8-19(9-6-18)21-11-10-20-14-17(2)4-7-22(20)15-21/h5,8,12-13,17,20-22H,3-4,6-7,9-11,14-16H2,1-2H3. The van der Waals surface area contributed by atoms with Crippen molar-refractivity contribution in [3.8, 4) is 11.5 Å². The van der Waals surface area contributed by atoms with Crippen LogP contribution >= 0.6 is 0 Å². The lowest BCUT2D eigenvalue weighted by molar-refractivity contribution is 0.113. The maximum atomic E-state index is 14.2. The molecule has 4 rings (SSSR count). The summed E-state index contributed by atoms with van der Waals surface area (Å²) < 4.78 is 38.9. The molecule has 4 atom stereocenters. The number of ether oxygens (including phenoxy) is 2. The molecule has 0 N–H and O–H groups in total. The van der Waals surface area contributed by atoms with Gasteiger partial charge < -0.3 is 9.47 Å². The molecule has 164 valence electrons. The zero-order chi connectivity index (χ0) is 21.1. The lowest BCUT2D eigenvalue weighted by atomic mass is 9.63. The molecule has 3 aliphatic carbocycles. The second-order valence-electron chi connectivity index (χ2n) is 9.43. The molecule has 1 aromatic carbocycles. The molecular formula is C26H34F2O2. The summed E-state index contributed by atoms with van der Waals surface area (Å²) >= 11 is 0. The number of benzene rings is 1. The van der Waals surface area contributed by atoms with Gasteiger partial charge in [-0.05, 0) is 93.2 Å². The van der Waals surface area contributed by atoms with Crippen molar-refractivity contribution < 1.29 is 18.3 Å². The van der Waals surface area contributed by atoms with Gasteiger partial charge in [-0.3, -0.25) is 0 Å². The summed E-state index contributed by atoms with van der Waals surface area (Å²) in [6.07, 6.45) is 14.7. The molecule has 0 aliphatic heterocycles. The van der Waals surface area contributed by atoms with E-state index in [1.807, 2.05) is 0 Å². The Kier molecular flexibility index (Phi) is 6.80. The highest BCUT2D eigenvalue weighted by Gasteiger charge is 2.35. The van der Waals surface area contributed by atoms with E-state index in [0.29, 0.717) is 13.2 Å². The van der Waals surface area contributed by atoms with Gasteiger partial charge in [0.15, 0.2) is 11.5 Å². The summed E-state index contributed by atoms with van der Waals surface area (Å²) in [5.41, 5.74) is 2.71. The minimum absolute atomic E-state index is 0.0588. The highest BCUT2D eigenvalue weighted by Crippen LogP contribution is 2.47. The van der Waals surface area contributed by atoms with Crippen LogP contribution in [-0.2, 0) is 0 Å². The van der Waals surface area contributed by atoms with E-state index in [-0.39, 0.29) is 11.5 Å². The third kappa shape index (κ3) is 4.73. The van der Waals surface area contributed by atoms with E-state index in [1.54, 1.807) is 12.5 Å². The van der Waals surface area contributed by atoms with E-state index in [9.17, 15) is 8.78 Å². The molecule has 30 heavy (non-hydrogen) atoms. The monoisotopic (exact) mass is 416 g/mol. The van der Waals surface area contributed by atoms with Crippen molar-refractivity contribution in [2.24, 2.45) is 23.7 Å². The molecule has 4 heteroatoms. The molecule has 1 aromatic rings. The third-order valence-electron chi connectivity index (χ3n) is 7.39. The highest BCUT2D eigenvalue weighted by molar-refractivity contribution is 5.35. The molecule has 4 unspecified atom stereocenters. The molecule has 0 bridgehead atoms. The molecular weight excluding hydrogens is 382 g/mol. The van der Waals surface area contributed by atoms with Crippen molar-refractivity contribution in [2.75, 3.05) is 13.2 Å². The lowest BCUT2D eigenvalue weighted by Gasteiger charge is -2.42. The fourth-order valence-electron chi connectivity index (χ4n) is 5.68. The van der Waals surface area contributed by atoms with Gasteiger partial charge in [0.05, 0.1) is 6.61 Å². The van der Waals surface area contributed by atoms with Gasteiger partial charge in [-0.15, -0.1) is 0 Å². The summed E-state index contributed by atoms with van der Waals surface area (Å²) in [6.45, 7) is 4.73. The predicted octanol–water partition coefficient (Wildman–Crippen LogP) is 7.24. The highest BCUT2D eigenvalue weighted by atomic mass is 19.2. The molecule has 0 saturated heterocycles. The largest absolute Gasteiger partial charge is 0.491 e. The third-order valence-corrected chi connectivity index (χ3v) is 7.39. The first-order chi connectivity index (χ1) is 14.5. The maximum absolute atomic E-state index is 14.2. The first-order valence-electron chi connectivity index (χ1n) is 11.7. The van der Waals surface area contributed by atoms with E-state index < -0.39 is 11.6 Å².